The van der Waals surface area contributed by atoms with Crippen molar-refractivity contribution in [2.75, 3.05) is 52.3 Å². The SMILES string of the molecule is COc1ccc2ncc(N(C)C)c(C(O)CCC3(CC(=O)O)CCN(CCOc4cc(F)cc(F)c4)CC3)c2c1. The van der Waals surface area contributed by atoms with Crippen LogP contribution in [0, 0.1) is 17.0 Å². The zero-order valence-electron chi connectivity index (χ0n) is 23.2. The Morgan fingerprint density at radius 1 is 1.12 bits per heavy atom. The van der Waals surface area contributed by atoms with E-state index in [2.05, 4.69) is 9.88 Å². The first-order chi connectivity index (χ1) is 19.1. The van der Waals surface area contributed by atoms with Crippen molar-refractivity contribution in [2.24, 2.45) is 5.41 Å². The van der Waals surface area contributed by atoms with Crippen LogP contribution in [-0.2, 0) is 4.79 Å². The summed E-state index contributed by atoms with van der Waals surface area (Å²) in [5.74, 6) is -1.43. The zero-order chi connectivity index (χ0) is 28.9. The molecule has 0 radical (unpaired) electrons. The summed E-state index contributed by atoms with van der Waals surface area (Å²) < 4.78 is 37.7. The Labute approximate surface area is 233 Å². The molecule has 1 atom stereocenters. The van der Waals surface area contributed by atoms with Crippen LogP contribution in [0.4, 0.5) is 14.5 Å². The first kappa shape index (κ1) is 29.5. The lowest BCUT2D eigenvalue weighted by atomic mass is 9.71. The van der Waals surface area contributed by atoms with E-state index in [-0.39, 0.29) is 18.8 Å². The molecule has 3 aromatic rings. The molecule has 0 aliphatic carbocycles. The van der Waals surface area contributed by atoms with Gasteiger partial charge in [-0.15, -0.1) is 0 Å². The minimum atomic E-state index is -0.854. The maximum Gasteiger partial charge on any atom is 0.303 e. The van der Waals surface area contributed by atoms with E-state index in [0.29, 0.717) is 51.1 Å². The van der Waals surface area contributed by atoms with E-state index >= 15 is 0 Å². The number of benzene rings is 2. The first-order valence-corrected chi connectivity index (χ1v) is 13.4. The average Bonchev–Trinajstić information content (AvgIpc) is 2.91. The Morgan fingerprint density at radius 3 is 2.45 bits per heavy atom. The average molecular weight is 558 g/mol. The van der Waals surface area contributed by atoms with Gasteiger partial charge < -0.3 is 24.6 Å². The topological polar surface area (TPSA) is 95.4 Å². The van der Waals surface area contributed by atoms with Gasteiger partial charge in [0.25, 0.3) is 0 Å². The summed E-state index contributed by atoms with van der Waals surface area (Å²) in [5, 5.41) is 22.0. The van der Waals surface area contributed by atoms with Crippen LogP contribution in [0.1, 0.15) is 43.8 Å². The number of methoxy groups -OCH3 is 1. The van der Waals surface area contributed by atoms with E-state index in [1.54, 1.807) is 13.3 Å². The van der Waals surface area contributed by atoms with Gasteiger partial charge in [0.2, 0.25) is 0 Å². The summed E-state index contributed by atoms with van der Waals surface area (Å²) in [6, 6.07) is 8.65. The summed E-state index contributed by atoms with van der Waals surface area (Å²) in [7, 11) is 5.39. The minimum absolute atomic E-state index is 0.0259. The van der Waals surface area contributed by atoms with Crippen LogP contribution in [0.2, 0.25) is 0 Å². The Balaban J connectivity index is 1.43. The molecule has 40 heavy (non-hydrogen) atoms. The number of rotatable bonds is 12. The third-order valence-corrected chi connectivity index (χ3v) is 7.81. The molecule has 0 spiro atoms. The number of fused-ring (bicyclic) bond motifs is 1. The highest BCUT2D eigenvalue weighted by atomic mass is 19.1. The molecule has 1 saturated heterocycles. The Kier molecular flexibility index (Phi) is 9.42. The molecule has 0 bridgehead atoms. The van der Waals surface area contributed by atoms with Gasteiger partial charge in [-0.05, 0) is 62.4 Å². The van der Waals surface area contributed by atoms with E-state index in [0.717, 1.165) is 40.4 Å². The number of nitrogens with zero attached hydrogens (tertiary/aromatic N) is 3. The number of piperidine rings is 1. The minimum Gasteiger partial charge on any atom is -0.497 e. The second-order valence-corrected chi connectivity index (χ2v) is 10.8. The van der Waals surface area contributed by atoms with Crippen LogP contribution in [0.15, 0.2) is 42.6 Å². The third-order valence-electron chi connectivity index (χ3n) is 7.81. The molecule has 1 aliphatic heterocycles. The number of aromatic nitrogens is 1. The Hall–Kier alpha value is -3.50. The number of aliphatic carboxylic acids is 1. The monoisotopic (exact) mass is 557 g/mol. The number of ether oxygens (including phenoxy) is 2. The summed E-state index contributed by atoms with van der Waals surface area (Å²) in [5.41, 5.74) is 1.85. The van der Waals surface area contributed by atoms with Gasteiger partial charge in [0.05, 0.1) is 37.0 Å². The van der Waals surface area contributed by atoms with Crippen molar-refractivity contribution in [1.82, 2.24) is 9.88 Å². The molecule has 0 amide bonds. The standard InChI is InChI=1S/C30H37F2N3O5/c1-34(2)26-19-33-25-5-4-22(39-3)17-24(25)29(26)27(36)6-7-30(18-28(37)38)8-10-35(11-9-30)12-13-40-23-15-20(31)14-21(32)16-23/h4-5,14-17,19,27,36H,6-13,18H2,1-3H3,(H,37,38). The number of aliphatic hydroxyl groups excluding tert-OH is 1. The van der Waals surface area contributed by atoms with E-state index in [9.17, 15) is 23.8 Å². The summed E-state index contributed by atoms with van der Waals surface area (Å²) in [6.45, 7) is 2.16. The molecule has 2 heterocycles. The van der Waals surface area contributed by atoms with Gasteiger partial charge >= 0.3 is 5.97 Å². The first-order valence-electron chi connectivity index (χ1n) is 13.4. The third kappa shape index (κ3) is 7.17. The van der Waals surface area contributed by atoms with Crippen molar-refractivity contribution in [3.8, 4) is 11.5 Å². The van der Waals surface area contributed by atoms with Crippen molar-refractivity contribution < 1.29 is 33.3 Å². The lowest BCUT2D eigenvalue weighted by Gasteiger charge is -2.41. The van der Waals surface area contributed by atoms with Crippen molar-refractivity contribution in [2.45, 2.75) is 38.2 Å². The molecule has 10 heteroatoms. The lowest BCUT2D eigenvalue weighted by molar-refractivity contribution is -0.141. The van der Waals surface area contributed by atoms with E-state index in [1.807, 2.05) is 37.2 Å². The highest BCUT2D eigenvalue weighted by molar-refractivity contribution is 5.88. The molecular weight excluding hydrogens is 520 g/mol. The molecule has 1 aromatic heterocycles. The molecular formula is C30H37F2N3O5. The predicted molar refractivity (Wildman–Crippen MR) is 149 cm³/mol. The number of hydrogen-bond acceptors (Lipinski definition) is 7. The van der Waals surface area contributed by atoms with Crippen molar-refractivity contribution in [3.63, 3.8) is 0 Å². The lowest BCUT2D eigenvalue weighted by Crippen LogP contribution is -2.42. The van der Waals surface area contributed by atoms with Crippen molar-refractivity contribution in [3.05, 3.63) is 59.8 Å². The molecule has 216 valence electrons. The summed E-state index contributed by atoms with van der Waals surface area (Å²) >= 11 is 0. The number of anilines is 1. The number of carboxylic acids is 1. The number of aliphatic hydroxyl groups is 1. The smallest absolute Gasteiger partial charge is 0.303 e. The van der Waals surface area contributed by atoms with Crippen LogP contribution < -0.4 is 14.4 Å². The van der Waals surface area contributed by atoms with Crippen LogP contribution >= 0.6 is 0 Å². The van der Waals surface area contributed by atoms with Gasteiger partial charge in [-0.3, -0.25) is 14.7 Å². The van der Waals surface area contributed by atoms with Crippen molar-refractivity contribution >= 4 is 22.6 Å². The normalized spacial score (nSPS) is 16.1. The number of carboxylic acid groups (broad SMARTS) is 1. The Bertz CT molecular complexity index is 1310. The molecule has 1 fully saturated rings. The molecule has 1 unspecified atom stereocenters. The second kappa shape index (κ2) is 12.8. The number of halogens is 2. The number of likely N-dealkylation sites (tertiary alicyclic amines) is 1. The summed E-state index contributed by atoms with van der Waals surface area (Å²) in [6.07, 6.45) is 3.22. The zero-order valence-corrected chi connectivity index (χ0v) is 23.2. The fraction of sp³-hybridized carbons (Fsp3) is 0.467. The van der Waals surface area contributed by atoms with Gasteiger partial charge in [-0.1, -0.05) is 0 Å². The quantitative estimate of drug-likeness (QED) is 0.320. The van der Waals surface area contributed by atoms with Gasteiger partial charge in [-0.2, -0.15) is 0 Å². The number of hydrogen-bond donors (Lipinski definition) is 2. The van der Waals surface area contributed by atoms with Crippen molar-refractivity contribution in [1.29, 1.82) is 0 Å². The van der Waals surface area contributed by atoms with Gasteiger partial charge in [0.15, 0.2) is 0 Å². The summed E-state index contributed by atoms with van der Waals surface area (Å²) in [4.78, 5) is 20.5. The fourth-order valence-electron chi connectivity index (χ4n) is 5.59. The molecule has 2 aromatic carbocycles. The molecule has 2 N–H and O–H groups in total. The maximum absolute atomic E-state index is 13.4. The molecule has 8 nitrogen and oxygen atoms in total. The van der Waals surface area contributed by atoms with E-state index in [1.165, 1.54) is 0 Å². The Morgan fingerprint density at radius 2 is 1.82 bits per heavy atom. The van der Waals surface area contributed by atoms with Crippen LogP contribution in [0.25, 0.3) is 10.9 Å². The number of pyridine rings is 1. The predicted octanol–water partition coefficient (Wildman–Crippen LogP) is 5.04. The van der Waals surface area contributed by atoms with Crippen LogP contribution in [-0.4, -0.2) is 73.5 Å². The highest BCUT2D eigenvalue weighted by Crippen LogP contribution is 2.43. The highest BCUT2D eigenvalue weighted by Gasteiger charge is 2.37. The maximum atomic E-state index is 13.4. The van der Waals surface area contributed by atoms with Gasteiger partial charge in [0, 0.05) is 49.8 Å². The van der Waals surface area contributed by atoms with Crippen LogP contribution in [0.5, 0.6) is 11.5 Å². The van der Waals surface area contributed by atoms with E-state index in [4.69, 9.17) is 9.47 Å². The van der Waals surface area contributed by atoms with E-state index < -0.39 is 29.1 Å². The van der Waals surface area contributed by atoms with Crippen LogP contribution in [0.3, 0.4) is 0 Å². The molecule has 0 saturated carbocycles. The fourth-order valence-corrected chi connectivity index (χ4v) is 5.59. The molecule has 4 rings (SSSR count). The van der Waals surface area contributed by atoms with Gasteiger partial charge in [-0.25, -0.2) is 8.78 Å². The largest absolute Gasteiger partial charge is 0.497 e. The molecule has 1 aliphatic rings. The second-order valence-electron chi connectivity index (χ2n) is 10.8. The number of carbonyl (C=O) groups is 1. The van der Waals surface area contributed by atoms with Gasteiger partial charge in [0.1, 0.15) is 29.7 Å².